The second kappa shape index (κ2) is 9.67. The SMILES string of the molecule is CC(CCOc1ccc(C2CC(=O)N(C)C2=O)cc1)Oc1ccc(C2CC(=O)N(C)C2=O)cc1. The van der Waals surface area contributed by atoms with Crippen LogP contribution in [0.1, 0.15) is 49.1 Å². The van der Waals surface area contributed by atoms with Gasteiger partial charge in [0.2, 0.25) is 23.6 Å². The highest BCUT2D eigenvalue weighted by molar-refractivity contribution is 6.06. The minimum absolute atomic E-state index is 0.0939. The molecule has 4 amide bonds. The van der Waals surface area contributed by atoms with Crippen molar-refractivity contribution in [3.63, 3.8) is 0 Å². The smallest absolute Gasteiger partial charge is 0.236 e. The zero-order chi connectivity index (χ0) is 24.4. The third kappa shape index (κ3) is 4.81. The van der Waals surface area contributed by atoms with Gasteiger partial charge < -0.3 is 9.47 Å². The normalized spacial score (nSPS) is 21.4. The maximum Gasteiger partial charge on any atom is 0.236 e. The Bertz CT molecular complexity index is 1100. The average Bonchev–Trinajstić information content (AvgIpc) is 3.24. The van der Waals surface area contributed by atoms with E-state index in [0.717, 1.165) is 11.1 Å². The van der Waals surface area contributed by atoms with Gasteiger partial charge >= 0.3 is 0 Å². The Morgan fingerprint density at radius 2 is 1.21 bits per heavy atom. The number of nitrogens with zero attached hydrogens (tertiary/aromatic N) is 2. The van der Waals surface area contributed by atoms with Crippen molar-refractivity contribution in [2.75, 3.05) is 20.7 Å². The Labute approximate surface area is 198 Å². The Morgan fingerprint density at radius 1 is 0.765 bits per heavy atom. The molecule has 0 bridgehead atoms. The number of likely N-dealkylation sites (tertiary alicyclic amines) is 2. The van der Waals surface area contributed by atoms with Gasteiger partial charge in [0.15, 0.2) is 0 Å². The molecule has 0 aromatic heterocycles. The van der Waals surface area contributed by atoms with Crippen molar-refractivity contribution in [3.8, 4) is 11.5 Å². The van der Waals surface area contributed by atoms with E-state index < -0.39 is 11.8 Å². The second-order valence-electron chi connectivity index (χ2n) is 8.80. The average molecular weight is 465 g/mol. The van der Waals surface area contributed by atoms with Crippen LogP contribution in [0.3, 0.4) is 0 Å². The van der Waals surface area contributed by atoms with Crippen molar-refractivity contribution in [1.82, 2.24) is 9.80 Å². The predicted molar refractivity (Wildman–Crippen MR) is 123 cm³/mol. The molecule has 2 fully saturated rings. The number of imide groups is 2. The number of likely N-dealkylation sites (N-methyl/N-ethyl adjacent to an activating group) is 2. The van der Waals surface area contributed by atoms with Crippen molar-refractivity contribution < 1.29 is 28.7 Å². The first-order chi connectivity index (χ1) is 16.2. The molecule has 3 unspecified atom stereocenters. The molecule has 0 saturated carbocycles. The Hall–Kier alpha value is -3.68. The fraction of sp³-hybridized carbons (Fsp3) is 0.385. The van der Waals surface area contributed by atoms with E-state index in [1.807, 2.05) is 55.5 Å². The predicted octanol–water partition coefficient (Wildman–Crippen LogP) is 2.87. The highest BCUT2D eigenvalue weighted by atomic mass is 16.5. The fourth-order valence-corrected chi connectivity index (χ4v) is 4.24. The van der Waals surface area contributed by atoms with Crippen LogP contribution in [0.25, 0.3) is 0 Å². The molecule has 0 aliphatic carbocycles. The lowest BCUT2D eigenvalue weighted by molar-refractivity contribution is -0.138. The van der Waals surface area contributed by atoms with E-state index in [9.17, 15) is 19.2 Å². The summed E-state index contributed by atoms with van der Waals surface area (Å²) in [5, 5.41) is 0. The van der Waals surface area contributed by atoms with Crippen molar-refractivity contribution in [2.24, 2.45) is 0 Å². The number of amides is 4. The molecule has 0 N–H and O–H groups in total. The first-order valence-electron chi connectivity index (χ1n) is 11.3. The van der Waals surface area contributed by atoms with Gasteiger partial charge in [-0.15, -0.1) is 0 Å². The molecule has 8 nitrogen and oxygen atoms in total. The number of carbonyl (C=O) groups excluding carboxylic acids is 4. The topological polar surface area (TPSA) is 93.2 Å². The number of hydrogen-bond acceptors (Lipinski definition) is 6. The third-order valence-corrected chi connectivity index (χ3v) is 6.46. The molecule has 2 heterocycles. The lowest BCUT2D eigenvalue weighted by atomic mass is 9.97. The van der Waals surface area contributed by atoms with Crippen LogP contribution in [0.5, 0.6) is 11.5 Å². The van der Waals surface area contributed by atoms with E-state index in [0.29, 0.717) is 24.5 Å². The van der Waals surface area contributed by atoms with Crippen LogP contribution in [0.4, 0.5) is 0 Å². The zero-order valence-electron chi connectivity index (χ0n) is 19.5. The van der Waals surface area contributed by atoms with Crippen molar-refractivity contribution in [2.45, 2.75) is 44.1 Å². The quantitative estimate of drug-likeness (QED) is 0.558. The summed E-state index contributed by atoms with van der Waals surface area (Å²) in [4.78, 5) is 50.1. The van der Waals surface area contributed by atoms with Gasteiger partial charge in [0.05, 0.1) is 24.5 Å². The minimum Gasteiger partial charge on any atom is -0.493 e. The molecule has 3 atom stereocenters. The van der Waals surface area contributed by atoms with Crippen LogP contribution in [-0.2, 0) is 19.2 Å². The maximum atomic E-state index is 12.2. The van der Waals surface area contributed by atoms with E-state index in [4.69, 9.17) is 9.47 Å². The number of rotatable bonds is 8. The molecule has 0 spiro atoms. The Kier molecular flexibility index (Phi) is 6.68. The van der Waals surface area contributed by atoms with Gasteiger partial charge in [-0.3, -0.25) is 29.0 Å². The summed E-state index contributed by atoms with van der Waals surface area (Å²) < 4.78 is 11.7. The Balaban J connectivity index is 1.23. The van der Waals surface area contributed by atoms with Gasteiger partial charge in [-0.25, -0.2) is 0 Å². The van der Waals surface area contributed by atoms with Crippen LogP contribution in [0.15, 0.2) is 48.5 Å². The zero-order valence-corrected chi connectivity index (χ0v) is 19.5. The van der Waals surface area contributed by atoms with E-state index in [2.05, 4.69) is 0 Å². The largest absolute Gasteiger partial charge is 0.493 e. The molecular weight excluding hydrogens is 436 g/mol. The number of hydrogen-bond donors (Lipinski definition) is 0. The second-order valence-corrected chi connectivity index (χ2v) is 8.80. The van der Waals surface area contributed by atoms with Gasteiger partial charge in [0.25, 0.3) is 0 Å². The van der Waals surface area contributed by atoms with Crippen LogP contribution in [-0.4, -0.2) is 60.2 Å². The van der Waals surface area contributed by atoms with E-state index in [1.54, 1.807) is 0 Å². The van der Waals surface area contributed by atoms with Gasteiger partial charge in [-0.1, -0.05) is 24.3 Å². The van der Waals surface area contributed by atoms with Gasteiger partial charge in [0, 0.05) is 33.4 Å². The molecule has 2 aromatic carbocycles. The summed E-state index contributed by atoms with van der Waals surface area (Å²) in [5.41, 5.74) is 1.62. The lowest BCUT2D eigenvalue weighted by Gasteiger charge is -2.16. The van der Waals surface area contributed by atoms with Gasteiger partial charge in [-0.05, 0) is 42.3 Å². The standard InChI is InChI=1S/C26H28N2O6/c1-16(34-20-10-6-18(7-11-20)22-15-24(30)28(3)26(22)32)12-13-33-19-8-4-17(5-9-19)21-14-23(29)27(2)25(21)31/h4-11,16,21-22H,12-15H2,1-3H3. The number of benzene rings is 2. The summed E-state index contributed by atoms with van der Waals surface area (Å²) in [5.74, 6) is -0.127. The molecule has 2 saturated heterocycles. The molecule has 34 heavy (non-hydrogen) atoms. The lowest BCUT2D eigenvalue weighted by Crippen LogP contribution is -2.25. The van der Waals surface area contributed by atoms with Crippen LogP contribution in [0.2, 0.25) is 0 Å². The van der Waals surface area contributed by atoms with Crippen molar-refractivity contribution >= 4 is 23.6 Å². The number of ether oxygens (including phenoxy) is 2. The first kappa shape index (κ1) is 23.5. The molecule has 0 radical (unpaired) electrons. The van der Waals surface area contributed by atoms with E-state index in [1.165, 1.54) is 23.9 Å². The van der Waals surface area contributed by atoms with Gasteiger partial charge in [-0.2, -0.15) is 0 Å². The fourth-order valence-electron chi connectivity index (χ4n) is 4.24. The van der Waals surface area contributed by atoms with Crippen LogP contribution < -0.4 is 9.47 Å². The van der Waals surface area contributed by atoms with Crippen molar-refractivity contribution in [3.05, 3.63) is 59.7 Å². The van der Waals surface area contributed by atoms with Gasteiger partial charge in [0.1, 0.15) is 11.5 Å². The monoisotopic (exact) mass is 464 g/mol. The van der Waals surface area contributed by atoms with Crippen molar-refractivity contribution in [1.29, 1.82) is 0 Å². The highest BCUT2D eigenvalue weighted by Gasteiger charge is 2.37. The molecule has 178 valence electrons. The molecule has 8 heteroatoms. The van der Waals surface area contributed by atoms with Crippen LogP contribution >= 0.6 is 0 Å². The minimum atomic E-state index is -0.419. The summed E-state index contributed by atoms with van der Waals surface area (Å²) >= 11 is 0. The highest BCUT2D eigenvalue weighted by Crippen LogP contribution is 2.31. The van der Waals surface area contributed by atoms with E-state index >= 15 is 0 Å². The molecular formula is C26H28N2O6. The molecule has 2 aliphatic heterocycles. The number of carbonyl (C=O) groups is 4. The summed E-state index contributed by atoms with van der Waals surface area (Å²) in [7, 11) is 3.02. The maximum absolute atomic E-state index is 12.2. The molecule has 2 aromatic rings. The molecule has 4 rings (SSSR count). The first-order valence-corrected chi connectivity index (χ1v) is 11.3. The molecule has 2 aliphatic rings. The summed E-state index contributed by atoms with van der Waals surface area (Å²) in [6.45, 7) is 2.40. The Morgan fingerprint density at radius 3 is 1.62 bits per heavy atom. The third-order valence-electron chi connectivity index (χ3n) is 6.46. The summed E-state index contributed by atoms with van der Waals surface area (Å²) in [6, 6.07) is 14.6. The van der Waals surface area contributed by atoms with Crippen LogP contribution in [0, 0.1) is 0 Å². The summed E-state index contributed by atoms with van der Waals surface area (Å²) in [6.07, 6.45) is 0.974. The van der Waals surface area contributed by atoms with E-state index in [-0.39, 0.29) is 42.6 Å².